The fraction of sp³-hybridized carbons (Fsp3) is 0.286. The predicted octanol–water partition coefficient (Wildman–Crippen LogP) is 4.11. The second-order valence-corrected chi connectivity index (χ2v) is 8.60. The van der Waals surface area contributed by atoms with E-state index >= 15 is 0 Å². The maximum Gasteiger partial charge on any atom is 0.255 e. The number of hydrogen-bond donors (Lipinski definition) is 2. The average Bonchev–Trinajstić information content (AvgIpc) is 3.18. The molecule has 0 saturated heterocycles. The Morgan fingerprint density at radius 2 is 1.74 bits per heavy atom. The highest BCUT2D eigenvalue weighted by Crippen LogP contribution is 2.24. The molecule has 1 aliphatic heterocycles. The van der Waals surface area contributed by atoms with Crippen LogP contribution in [-0.4, -0.2) is 28.5 Å². The Balaban J connectivity index is 1.65. The van der Waals surface area contributed by atoms with Crippen molar-refractivity contribution >= 4 is 34.0 Å². The van der Waals surface area contributed by atoms with Crippen molar-refractivity contribution in [2.24, 2.45) is 0 Å². The highest BCUT2D eigenvalue weighted by molar-refractivity contribution is 7.86. The van der Waals surface area contributed by atoms with Crippen LogP contribution in [0.2, 0.25) is 0 Å². The maximum atomic E-state index is 12.5. The van der Waals surface area contributed by atoms with Gasteiger partial charge < -0.3 is 14.9 Å². The number of aryl methyl sites for hydroxylation is 1. The Hall–Kier alpha value is -2.60. The molecule has 0 aromatic heterocycles. The van der Waals surface area contributed by atoms with Crippen molar-refractivity contribution in [1.29, 1.82) is 0 Å². The molecule has 2 aromatic carbocycles. The molecule has 5 nitrogen and oxygen atoms in total. The van der Waals surface area contributed by atoms with E-state index in [2.05, 4.69) is 33.2 Å². The number of carbonyl (C=O) groups excluding carboxylic acids is 1. The Kier molecular flexibility index (Phi) is 5.96. The summed E-state index contributed by atoms with van der Waals surface area (Å²) in [5.41, 5.74) is 4.28. The summed E-state index contributed by atoms with van der Waals surface area (Å²) in [5.74, 6) is -0.162. The van der Waals surface area contributed by atoms with Crippen molar-refractivity contribution in [3.05, 3.63) is 65.7 Å². The maximum absolute atomic E-state index is 12.5. The van der Waals surface area contributed by atoms with Crippen LogP contribution in [-0.2, 0) is 11.0 Å². The molecule has 0 spiro atoms. The Morgan fingerprint density at radius 1 is 1.07 bits per heavy atom. The second-order valence-electron chi connectivity index (χ2n) is 6.86. The Labute approximate surface area is 163 Å². The molecule has 1 amide bonds. The Morgan fingerprint density at radius 3 is 2.33 bits per heavy atom. The summed E-state index contributed by atoms with van der Waals surface area (Å²) < 4.78 is 14.8. The molecule has 142 valence electrons. The van der Waals surface area contributed by atoms with Gasteiger partial charge in [0.15, 0.2) is 0 Å². The van der Waals surface area contributed by atoms with Gasteiger partial charge in [0.25, 0.3) is 5.91 Å². The van der Waals surface area contributed by atoms with Gasteiger partial charge in [-0.3, -0.25) is 4.79 Å². The molecule has 0 radical (unpaired) electrons. The standard InChI is InChI=1S/C21H25N3O2S/c1-15(2)27(26)23-18-8-6-17(7-9-18)21(25)22-20-11-10-19(14-16(20)3)24-12-4-5-13-24/h4-11,14-15,23H,12-13H2,1-3H3,(H,22,25). The van der Waals surface area contributed by atoms with E-state index in [0.29, 0.717) is 5.56 Å². The summed E-state index contributed by atoms with van der Waals surface area (Å²) in [6.45, 7) is 7.62. The second kappa shape index (κ2) is 8.39. The number of carbonyl (C=O) groups is 1. The van der Waals surface area contributed by atoms with Crippen LogP contribution in [0.4, 0.5) is 17.1 Å². The van der Waals surface area contributed by atoms with Crippen molar-refractivity contribution in [2.75, 3.05) is 28.0 Å². The minimum absolute atomic E-state index is 0.0234. The molecule has 3 rings (SSSR count). The van der Waals surface area contributed by atoms with Gasteiger partial charge in [0.05, 0.1) is 0 Å². The van der Waals surface area contributed by atoms with E-state index in [0.717, 1.165) is 35.7 Å². The number of nitrogens with zero attached hydrogens (tertiary/aromatic N) is 1. The predicted molar refractivity (Wildman–Crippen MR) is 114 cm³/mol. The minimum atomic E-state index is -1.14. The van der Waals surface area contributed by atoms with Crippen molar-refractivity contribution < 1.29 is 9.00 Å². The van der Waals surface area contributed by atoms with Gasteiger partial charge in [-0.2, -0.15) is 0 Å². The quantitative estimate of drug-likeness (QED) is 0.738. The molecule has 27 heavy (non-hydrogen) atoms. The van der Waals surface area contributed by atoms with Gasteiger partial charge in [-0.15, -0.1) is 0 Å². The first-order chi connectivity index (χ1) is 12.9. The molecule has 0 bridgehead atoms. The van der Waals surface area contributed by atoms with Crippen LogP contribution in [0.1, 0.15) is 29.8 Å². The van der Waals surface area contributed by atoms with Crippen molar-refractivity contribution in [1.82, 2.24) is 0 Å². The fourth-order valence-corrected chi connectivity index (χ4v) is 3.40. The lowest BCUT2D eigenvalue weighted by atomic mass is 10.1. The number of nitrogens with one attached hydrogen (secondary N) is 2. The third-order valence-corrected chi connectivity index (χ3v) is 5.73. The van der Waals surface area contributed by atoms with Crippen LogP contribution in [0.15, 0.2) is 54.6 Å². The van der Waals surface area contributed by atoms with Crippen molar-refractivity contribution in [3.63, 3.8) is 0 Å². The number of rotatable bonds is 6. The zero-order valence-electron chi connectivity index (χ0n) is 15.9. The smallest absolute Gasteiger partial charge is 0.255 e. The molecule has 0 aliphatic carbocycles. The highest BCUT2D eigenvalue weighted by atomic mass is 32.2. The van der Waals surface area contributed by atoms with Crippen molar-refractivity contribution in [3.8, 4) is 0 Å². The molecule has 1 heterocycles. The molecule has 1 aliphatic rings. The van der Waals surface area contributed by atoms with Gasteiger partial charge in [0.1, 0.15) is 11.0 Å². The number of anilines is 3. The van der Waals surface area contributed by atoms with E-state index in [1.807, 2.05) is 32.9 Å². The van der Waals surface area contributed by atoms with Crippen LogP contribution < -0.4 is 14.9 Å². The van der Waals surface area contributed by atoms with Gasteiger partial charge in [-0.25, -0.2) is 4.21 Å². The number of amides is 1. The molecule has 1 unspecified atom stereocenters. The third-order valence-electron chi connectivity index (χ3n) is 4.44. The summed E-state index contributed by atoms with van der Waals surface area (Å²) in [6.07, 6.45) is 4.31. The summed E-state index contributed by atoms with van der Waals surface area (Å²) in [4.78, 5) is 14.8. The number of hydrogen-bond acceptors (Lipinski definition) is 3. The molecule has 0 fully saturated rings. The average molecular weight is 384 g/mol. The van der Waals surface area contributed by atoms with E-state index in [4.69, 9.17) is 0 Å². The zero-order valence-corrected chi connectivity index (χ0v) is 16.7. The summed E-state index contributed by atoms with van der Waals surface area (Å²) in [5, 5.41) is 2.99. The third kappa shape index (κ3) is 4.77. The lowest BCUT2D eigenvalue weighted by Crippen LogP contribution is -2.19. The van der Waals surface area contributed by atoms with E-state index in [1.165, 1.54) is 0 Å². The van der Waals surface area contributed by atoms with E-state index < -0.39 is 11.0 Å². The lowest BCUT2D eigenvalue weighted by Gasteiger charge is -2.19. The highest BCUT2D eigenvalue weighted by Gasteiger charge is 2.12. The van der Waals surface area contributed by atoms with E-state index in [1.54, 1.807) is 24.3 Å². The molecular weight excluding hydrogens is 358 g/mol. The Bertz CT molecular complexity index is 867. The monoisotopic (exact) mass is 383 g/mol. The number of benzene rings is 2. The van der Waals surface area contributed by atoms with Gasteiger partial charge >= 0.3 is 0 Å². The summed E-state index contributed by atoms with van der Waals surface area (Å²) >= 11 is 0. The largest absolute Gasteiger partial charge is 0.364 e. The molecule has 1 atom stereocenters. The molecule has 0 saturated carbocycles. The first-order valence-corrected chi connectivity index (χ1v) is 10.2. The molecule has 2 aromatic rings. The SMILES string of the molecule is Cc1cc(N2CC=CC2)ccc1NC(=O)c1ccc(NS(=O)C(C)C)cc1. The normalized spacial score (nSPS) is 14.4. The molecule has 2 N–H and O–H groups in total. The fourth-order valence-electron chi connectivity index (χ4n) is 2.79. The summed E-state index contributed by atoms with van der Waals surface area (Å²) in [6, 6.07) is 13.1. The van der Waals surface area contributed by atoms with Crippen LogP contribution in [0.3, 0.4) is 0 Å². The van der Waals surface area contributed by atoms with Crippen LogP contribution in [0.25, 0.3) is 0 Å². The van der Waals surface area contributed by atoms with Gasteiger partial charge in [0, 0.05) is 41.0 Å². The van der Waals surface area contributed by atoms with Gasteiger partial charge in [-0.05, 0) is 68.8 Å². The lowest BCUT2D eigenvalue weighted by molar-refractivity contribution is 0.102. The minimum Gasteiger partial charge on any atom is -0.364 e. The van der Waals surface area contributed by atoms with Crippen LogP contribution in [0, 0.1) is 6.92 Å². The first-order valence-electron chi connectivity index (χ1n) is 9.03. The van der Waals surface area contributed by atoms with Crippen LogP contribution >= 0.6 is 0 Å². The summed E-state index contributed by atoms with van der Waals surface area (Å²) in [7, 11) is -1.14. The van der Waals surface area contributed by atoms with E-state index in [9.17, 15) is 9.00 Å². The first kappa shape index (κ1) is 19.2. The topological polar surface area (TPSA) is 61.4 Å². The zero-order chi connectivity index (χ0) is 19.4. The molecule has 6 heteroatoms. The van der Waals surface area contributed by atoms with Crippen LogP contribution in [0.5, 0.6) is 0 Å². The van der Waals surface area contributed by atoms with E-state index in [-0.39, 0.29) is 11.2 Å². The van der Waals surface area contributed by atoms with Crippen molar-refractivity contribution in [2.45, 2.75) is 26.0 Å². The van der Waals surface area contributed by atoms with Gasteiger partial charge in [0.2, 0.25) is 0 Å². The molecular formula is C21H25N3O2S. The van der Waals surface area contributed by atoms with Gasteiger partial charge in [-0.1, -0.05) is 12.2 Å².